The third kappa shape index (κ3) is 19.6. The Morgan fingerprint density at radius 2 is 0.655 bits per heavy atom. The van der Waals surface area contributed by atoms with E-state index >= 15 is 0 Å². The molecule has 0 saturated carbocycles. The molecule has 0 aliphatic rings. The quantitative estimate of drug-likeness (QED) is 0.0371. The first kappa shape index (κ1) is 66.7. The highest BCUT2D eigenvalue weighted by atomic mass is 16.5. The Balaban J connectivity index is 0.000000249. The maximum Gasteiger partial charge on any atom is 0.308 e. The number of unbranched alkanes of at least 4 members (excludes halogenated alkanes) is 10. The van der Waals surface area contributed by atoms with Gasteiger partial charge in [-0.1, -0.05) is 258 Å². The van der Waals surface area contributed by atoms with Crippen LogP contribution in [0, 0.1) is 0 Å². The van der Waals surface area contributed by atoms with Crippen molar-refractivity contribution in [3.63, 3.8) is 0 Å². The molecule has 0 radical (unpaired) electrons. The topological polar surface area (TPSA) is 142 Å². The van der Waals surface area contributed by atoms with Crippen LogP contribution in [0.2, 0.25) is 0 Å². The van der Waals surface area contributed by atoms with E-state index in [1.165, 1.54) is 80.5 Å². The number of aromatic hydroxyl groups is 1. The fraction of sp³-hybridized carbons (Fsp3) is 0.434. The lowest BCUT2D eigenvalue weighted by atomic mass is 9.86. The summed E-state index contributed by atoms with van der Waals surface area (Å²) in [6, 6.07) is 44.3. The van der Waals surface area contributed by atoms with Gasteiger partial charge in [-0.05, 0) is 81.0 Å². The van der Waals surface area contributed by atoms with E-state index in [0.717, 1.165) is 47.9 Å². The normalized spacial score (nSPS) is 11.9. The van der Waals surface area contributed by atoms with E-state index < -0.39 is 5.97 Å². The molecule has 11 nitrogen and oxygen atoms in total. The smallest absolute Gasteiger partial charge is 0.308 e. The van der Waals surface area contributed by atoms with E-state index in [0.29, 0.717) is 76.5 Å². The molecule has 0 saturated heterocycles. The van der Waals surface area contributed by atoms with Gasteiger partial charge in [0, 0.05) is 41.3 Å². The summed E-state index contributed by atoms with van der Waals surface area (Å²) in [5.74, 6) is 4.40. The molecule has 0 aliphatic carbocycles. The minimum absolute atomic E-state index is 0.0283. The number of phenolic OH excluding ortho intramolecular Hbond substituents is 1. The van der Waals surface area contributed by atoms with Crippen molar-refractivity contribution in [1.29, 1.82) is 0 Å². The molecule has 0 bridgehead atoms. The number of hydrogen-bond donors (Lipinski definition) is 1. The van der Waals surface area contributed by atoms with Gasteiger partial charge in [0.15, 0.2) is 34.9 Å². The van der Waals surface area contributed by atoms with Gasteiger partial charge in [-0.3, -0.25) is 4.79 Å². The Hall–Kier alpha value is -7.79. The second kappa shape index (κ2) is 30.2. The first-order chi connectivity index (χ1) is 41.3. The van der Waals surface area contributed by atoms with Gasteiger partial charge in [0.25, 0.3) is 0 Å². The molecule has 0 aliphatic heterocycles. The van der Waals surface area contributed by atoms with Crippen LogP contribution in [0.15, 0.2) is 133 Å². The standard InChI is InChI=1S/C39H49N3O3.C37H47N3O2/c1-9-10-11-12-13-14-25-44-32-23-24-33(34(26-32)45-27(2)43)37-41-35(28-15-19-30(20-16-28)38(3,4)5)40-36(42-37)29-17-21-31(22-18-29)39(6,7)8;1-8-9-10-11-12-13-24-42-30-22-23-31(32(41)25-30)35-39-33(26-14-18-28(19-15-26)36(2,3)4)38-34(40-35)27-16-20-29(21-17-27)37(5,6)7/h15-24,26H,9-14,25H2,1-8H3;14-23,25,41H,8-13,24H2,1-7H3. The van der Waals surface area contributed by atoms with Crippen LogP contribution in [0.4, 0.5) is 0 Å². The molecule has 8 aromatic rings. The zero-order valence-electron chi connectivity index (χ0n) is 54.9. The first-order valence-corrected chi connectivity index (χ1v) is 31.7. The SMILES string of the molecule is CCCCCCCCOc1ccc(-c2nc(-c3ccc(C(C)(C)C)cc3)nc(-c3ccc(C(C)(C)C)cc3)n2)c(O)c1.CCCCCCCCOc1ccc(-c2nc(-c3ccc(C(C)(C)C)cc3)nc(-c3ccc(C(C)(C)C)cc3)n2)c(OC(C)=O)c1. The van der Waals surface area contributed by atoms with Crippen molar-refractivity contribution < 1.29 is 24.1 Å². The Labute approximate surface area is 520 Å². The predicted molar refractivity (Wildman–Crippen MR) is 358 cm³/mol. The third-order valence-electron chi connectivity index (χ3n) is 15.5. The molecule has 2 heterocycles. The highest BCUT2D eigenvalue weighted by Gasteiger charge is 2.22. The lowest BCUT2D eigenvalue weighted by Crippen LogP contribution is -2.11. The Bertz CT molecular complexity index is 3320. The summed E-state index contributed by atoms with van der Waals surface area (Å²) in [7, 11) is 0. The van der Waals surface area contributed by atoms with Gasteiger partial charge in [0.1, 0.15) is 23.0 Å². The van der Waals surface area contributed by atoms with Crippen molar-refractivity contribution in [2.75, 3.05) is 13.2 Å². The Morgan fingerprint density at radius 1 is 0.368 bits per heavy atom. The zero-order chi connectivity index (χ0) is 62.9. The number of esters is 1. The minimum atomic E-state index is -0.422. The number of aromatic nitrogens is 6. The molecule has 0 spiro atoms. The molecule has 11 heteroatoms. The summed E-state index contributed by atoms with van der Waals surface area (Å²) in [4.78, 5) is 41.4. The van der Waals surface area contributed by atoms with Crippen LogP contribution in [0.1, 0.15) is 203 Å². The highest BCUT2D eigenvalue weighted by Crippen LogP contribution is 2.37. The lowest BCUT2D eigenvalue weighted by molar-refractivity contribution is -0.131. The molecule has 6 aromatic carbocycles. The van der Waals surface area contributed by atoms with Crippen molar-refractivity contribution >= 4 is 5.97 Å². The van der Waals surface area contributed by atoms with Crippen LogP contribution in [-0.2, 0) is 26.5 Å². The van der Waals surface area contributed by atoms with E-state index in [2.05, 4.69) is 194 Å². The molecule has 0 fully saturated rings. The minimum Gasteiger partial charge on any atom is -0.507 e. The van der Waals surface area contributed by atoms with Gasteiger partial charge in [-0.15, -0.1) is 0 Å². The maximum atomic E-state index is 12.2. The van der Waals surface area contributed by atoms with Crippen molar-refractivity contribution in [3.05, 3.63) is 156 Å². The van der Waals surface area contributed by atoms with Gasteiger partial charge < -0.3 is 19.3 Å². The van der Waals surface area contributed by atoms with Crippen LogP contribution < -0.4 is 14.2 Å². The summed E-state index contributed by atoms with van der Waals surface area (Å²) in [6.45, 7) is 33.5. The van der Waals surface area contributed by atoms with Gasteiger partial charge in [0.2, 0.25) is 0 Å². The molecule has 0 atom stereocenters. The van der Waals surface area contributed by atoms with Crippen molar-refractivity contribution in [1.82, 2.24) is 29.9 Å². The monoisotopic (exact) mass is 1170 g/mol. The number of ether oxygens (including phenoxy) is 3. The van der Waals surface area contributed by atoms with E-state index in [1.54, 1.807) is 12.1 Å². The molecule has 1 N–H and O–H groups in total. The number of phenols is 1. The number of nitrogens with zero attached hydrogens (tertiary/aromatic N) is 6. The predicted octanol–water partition coefficient (Wildman–Crippen LogP) is 20.0. The fourth-order valence-corrected chi connectivity index (χ4v) is 9.94. The molecular formula is C76H96N6O5. The largest absolute Gasteiger partial charge is 0.507 e. The van der Waals surface area contributed by atoms with E-state index in [9.17, 15) is 9.90 Å². The van der Waals surface area contributed by atoms with Gasteiger partial charge in [-0.2, -0.15) is 0 Å². The number of carbonyl (C=O) groups is 1. The van der Waals surface area contributed by atoms with Crippen LogP contribution in [0.25, 0.3) is 68.3 Å². The summed E-state index contributed by atoms with van der Waals surface area (Å²) in [5, 5.41) is 11.0. The molecule has 0 unspecified atom stereocenters. The fourth-order valence-electron chi connectivity index (χ4n) is 9.94. The number of carbonyl (C=O) groups excluding carboxylic acids is 1. The number of rotatable bonds is 23. The van der Waals surface area contributed by atoms with E-state index in [-0.39, 0.29) is 27.4 Å². The molecule has 2 aromatic heterocycles. The van der Waals surface area contributed by atoms with Crippen LogP contribution >= 0.6 is 0 Å². The maximum absolute atomic E-state index is 12.2. The second-order valence-electron chi connectivity index (χ2n) is 27.1. The number of benzene rings is 6. The molecule has 8 rings (SSSR count). The van der Waals surface area contributed by atoms with Gasteiger partial charge in [0.05, 0.1) is 24.3 Å². The summed E-state index contributed by atoms with van der Waals surface area (Å²) in [5.41, 5.74) is 9.81. The van der Waals surface area contributed by atoms with Crippen LogP contribution in [-0.4, -0.2) is 54.2 Å². The average molecular weight is 1170 g/mol. The van der Waals surface area contributed by atoms with Crippen LogP contribution in [0.3, 0.4) is 0 Å². The second-order valence-corrected chi connectivity index (χ2v) is 27.1. The Kier molecular flexibility index (Phi) is 23.2. The molecule has 460 valence electrons. The molecule has 0 amide bonds. The summed E-state index contributed by atoms with van der Waals surface area (Å²) < 4.78 is 17.7. The van der Waals surface area contributed by atoms with Crippen molar-refractivity contribution in [2.24, 2.45) is 0 Å². The average Bonchev–Trinajstić information content (AvgIpc) is 1.32. The first-order valence-electron chi connectivity index (χ1n) is 31.7. The van der Waals surface area contributed by atoms with Crippen molar-refractivity contribution in [3.8, 4) is 91.3 Å². The Morgan fingerprint density at radius 3 is 0.966 bits per heavy atom. The highest BCUT2D eigenvalue weighted by molar-refractivity contribution is 5.77. The summed E-state index contributed by atoms with van der Waals surface area (Å²) >= 11 is 0. The molecule has 87 heavy (non-hydrogen) atoms. The zero-order valence-corrected chi connectivity index (χ0v) is 54.9. The van der Waals surface area contributed by atoms with Crippen molar-refractivity contribution in [2.45, 2.75) is 203 Å². The van der Waals surface area contributed by atoms with Gasteiger partial charge in [-0.25, -0.2) is 29.9 Å². The summed E-state index contributed by atoms with van der Waals surface area (Å²) in [6.07, 6.45) is 14.3. The lowest BCUT2D eigenvalue weighted by Gasteiger charge is -2.19. The van der Waals surface area contributed by atoms with E-state index in [1.807, 2.05) is 24.3 Å². The van der Waals surface area contributed by atoms with Crippen LogP contribution in [0.5, 0.6) is 23.0 Å². The molecular weight excluding hydrogens is 1080 g/mol. The van der Waals surface area contributed by atoms with E-state index in [4.69, 9.17) is 44.1 Å². The third-order valence-corrected chi connectivity index (χ3v) is 15.5. The number of hydrogen-bond acceptors (Lipinski definition) is 11. The van der Waals surface area contributed by atoms with Gasteiger partial charge >= 0.3 is 5.97 Å².